The minimum Gasteiger partial charge on any atom is -0.497 e. The van der Waals surface area contributed by atoms with Crippen LogP contribution in [0.1, 0.15) is 35.1 Å². The van der Waals surface area contributed by atoms with Gasteiger partial charge in [-0.25, -0.2) is 5.43 Å². The molecule has 0 fully saturated rings. The number of ether oxygens (including phenoxy) is 2. The molecule has 0 aliphatic heterocycles. The molecule has 196 valence electrons. The van der Waals surface area contributed by atoms with Gasteiger partial charge in [0.25, 0.3) is 0 Å². The Morgan fingerprint density at radius 3 is 1.85 bits per heavy atom. The maximum atomic E-state index is 5.37. The standard InChI is InChI=1S/C30H29N7O2/c1-38-22-10-12-24-19(16-22)8-14-26(24)34-36-29-18-28(31-21-6-4-3-5-7-21)32-30(33-29)37-35-27-15-9-20-17-23(39-2)11-13-25(20)27/h3-7,10-13,16-18H,8-9,14-15H2,1-2H3,(H3,31,32,33,36,37). The van der Waals surface area contributed by atoms with Crippen molar-refractivity contribution in [3.63, 3.8) is 0 Å². The molecule has 0 bridgehead atoms. The van der Waals surface area contributed by atoms with E-state index in [0.717, 1.165) is 65.4 Å². The third-order valence-electron chi connectivity index (χ3n) is 6.88. The predicted molar refractivity (Wildman–Crippen MR) is 155 cm³/mol. The molecule has 39 heavy (non-hydrogen) atoms. The van der Waals surface area contributed by atoms with Crippen molar-refractivity contribution in [2.24, 2.45) is 10.2 Å². The number of aromatic nitrogens is 2. The highest BCUT2D eigenvalue weighted by atomic mass is 16.5. The Kier molecular flexibility index (Phi) is 6.78. The first-order valence-electron chi connectivity index (χ1n) is 12.9. The van der Waals surface area contributed by atoms with Crippen LogP contribution in [0.15, 0.2) is 83.0 Å². The minimum absolute atomic E-state index is 0.365. The smallest absolute Gasteiger partial charge is 0.247 e. The lowest BCUT2D eigenvalue weighted by Crippen LogP contribution is -2.07. The average molecular weight is 520 g/mol. The molecule has 0 amide bonds. The zero-order chi connectivity index (χ0) is 26.6. The molecule has 2 aliphatic carbocycles. The lowest BCUT2D eigenvalue weighted by molar-refractivity contribution is 0.414. The van der Waals surface area contributed by atoms with Gasteiger partial charge in [-0.15, -0.1) is 0 Å². The van der Waals surface area contributed by atoms with Crippen molar-refractivity contribution in [2.75, 3.05) is 30.4 Å². The number of para-hydroxylation sites is 1. The molecule has 1 aromatic heterocycles. The molecular formula is C30H29N7O2. The van der Waals surface area contributed by atoms with Gasteiger partial charge in [0.05, 0.1) is 25.6 Å². The zero-order valence-electron chi connectivity index (χ0n) is 21.9. The summed E-state index contributed by atoms with van der Waals surface area (Å²) in [4.78, 5) is 9.28. The molecule has 3 N–H and O–H groups in total. The number of hydrogen-bond acceptors (Lipinski definition) is 9. The van der Waals surface area contributed by atoms with Crippen LogP contribution in [0.5, 0.6) is 11.5 Å². The summed E-state index contributed by atoms with van der Waals surface area (Å²) in [5, 5.41) is 12.7. The third kappa shape index (κ3) is 5.38. The van der Waals surface area contributed by atoms with E-state index < -0.39 is 0 Å². The Morgan fingerprint density at radius 2 is 1.23 bits per heavy atom. The fourth-order valence-electron chi connectivity index (χ4n) is 4.91. The fraction of sp³-hybridized carbons (Fsp3) is 0.200. The van der Waals surface area contributed by atoms with Crippen LogP contribution in [0.2, 0.25) is 0 Å². The van der Waals surface area contributed by atoms with Crippen LogP contribution in [0.3, 0.4) is 0 Å². The van der Waals surface area contributed by atoms with E-state index in [9.17, 15) is 0 Å². The largest absolute Gasteiger partial charge is 0.497 e. The molecule has 9 heteroatoms. The summed E-state index contributed by atoms with van der Waals surface area (Å²) in [5.41, 5.74) is 13.8. The molecule has 4 aromatic rings. The van der Waals surface area contributed by atoms with Crippen LogP contribution >= 0.6 is 0 Å². The first-order chi connectivity index (χ1) is 19.2. The van der Waals surface area contributed by atoms with E-state index in [1.54, 1.807) is 14.2 Å². The van der Waals surface area contributed by atoms with E-state index >= 15 is 0 Å². The Bertz CT molecular complexity index is 1470. The molecule has 0 spiro atoms. The van der Waals surface area contributed by atoms with Gasteiger partial charge in [0.15, 0.2) is 5.82 Å². The van der Waals surface area contributed by atoms with Gasteiger partial charge < -0.3 is 14.8 Å². The van der Waals surface area contributed by atoms with Gasteiger partial charge in [0.2, 0.25) is 5.95 Å². The first kappa shape index (κ1) is 24.4. The Morgan fingerprint density at radius 1 is 0.641 bits per heavy atom. The Hall–Kier alpha value is -4.92. The van der Waals surface area contributed by atoms with Crippen molar-refractivity contribution in [1.82, 2.24) is 9.97 Å². The Labute approximate surface area is 227 Å². The van der Waals surface area contributed by atoms with E-state index in [1.165, 1.54) is 11.1 Å². The first-order valence-corrected chi connectivity index (χ1v) is 12.9. The van der Waals surface area contributed by atoms with Gasteiger partial charge in [-0.3, -0.25) is 5.43 Å². The summed E-state index contributed by atoms with van der Waals surface area (Å²) < 4.78 is 10.7. The third-order valence-corrected chi connectivity index (χ3v) is 6.88. The van der Waals surface area contributed by atoms with Crippen LogP contribution in [0, 0.1) is 0 Å². The summed E-state index contributed by atoms with van der Waals surface area (Å²) in [6, 6.07) is 23.9. The van der Waals surface area contributed by atoms with E-state index in [0.29, 0.717) is 17.6 Å². The molecule has 0 radical (unpaired) electrons. The molecule has 1 heterocycles. The van der Waals surface area contributed by atoms with Crippen LogP contribution in [-0.4, -0.2) is 35.6 Å². The van der Waals surface area contributed by atoms with Gasteiger partial charge >= 0.3 is 0 Å². The molecule has 0 atom stereocenters. The van der Waals surface area contributed by atoms with Crippen LogP contribution in [0.4, 0.5) is 23.3 Å². The number of aryl methyl sites for hydroxylation is 2. The normalized spacial score (nSPS) is 15.6. The molecule has 0 unspecified atom stereocenters. The van der Waals surface area contributed by atoms with Gasteiger partial charge in [-0.2, -0.15) is 20.2 Å². The number of fused-ring (bicyclic) bond motifs is 2. The average Bonchev–Trinajstić information content (AvgIpc) is 3.58. The highest BCUT2D eigenvalue weighted by Gasteiger charge is 2.20. The monoisotopic (exact) mass is 519 g/mol. The summed E-state index contributed by atoms with van der Waals surface area (Å²) in [6.45, 7) is 0. The minimum atomic E-state index is 0.365. The lowest BCUT2D eigenvalue weighted by atomic mass is 10.1. The van der Waals surface area contributed by atoms with E-state index in [1.807, 2.05) is 54.6 Å². The number of methoxy groups -OCH3 is 2. The quantitative estimate of drug-likeness (QED) is 0.254. The molecule has 3 aromatic carbocycles. The van der Waals surface area contributed by atoms with Crippen LogP contribution in [0.25, 0.3) is 0 Å². The number of benzene rings is 3. The van der Waals surface area contributed by atoms with Crippen molar-refractivity contribution < 1.29 is 9.47 Å². The van der Waals surface area contributed by atoms with E-state index in [-0.39, 0.29) is 0 Å². The summed E-state index contributed by atoms with van der Waals surface area (Å²) in [7, 11) is 3.36. The van der Waals surface area contributed by atoms with Crippen LogP contribution < -0.4 is 25.6 Å². The van der Waals surface area contributed by atoms with Crippen LogP contribution in [-0.2, 0) is 12.8 Å². The predicted octanol–water partition coefficient (Wildman–Crippen LogP) is 5.76. The van der Waals surface area contributed by atoms with Crippen molar-refractivity contribution >= 4 is 34.7 Å². The topological polar surface area (TPSA) is 105 Å². The summed E-state index contributed by atoms with van der Waals surface area (Å²) in [6.07, 6.45) is 3.52. The second-order valence-corrected chi connectivity index (χ2v) is 9.34. The van der Waals surface area contributed by atoms with Gasteiger partial charge in [0.1, 0.15) is 17.3 Å². The van der Waals surface area contributed by atoms with Gasteiger partial charge in [-0.05, 0) is 85.3 Å². The lowest BCUT2D eigenvalue weighted by Gasteiger charge is -2.10. The number of hydrazone groups is 2. The molecule has 0 saturated heterocycles. The second-order valence-electron chi connectivity index (χ2n) is 9.34. The zero-order valence-corrected chi connectivity index (χ0v) is 21.9. The molecule has 0 saturated carbocycles. The highest BCUT2D eigenvalue weighted by molar-refractivity contribution is 6.05. The Balaban J connectivity index is 1.26. The maximum absolute atomic E-state index is 5.37. The molecule has 2 aliphatic rings. The number of anilines is 4. The van der Waals surface area contributed by atoms with E-state index in [4.69, 9.17) is 14.6 Å². The van der Waals surface area contributed by atoms with E-state index in [2.05, 4.69) is 49.4 Å². The number of nitrogens with one attached hydrogen (secondary N) is 3. The number of rotatable bonds is 8. The summed E-state index contributed by atoms with van der Waals surface area (Å²) >= 11 is 0. The molecule has 9 nitrogen and oxygen atoms in total. The molecular weight excluding hydrogens is 490 g/mol. The maximum Gasteiger partial charge on any atom is 0.247 e. The van der Waals surface area contributed by atoms with Crippen molar-refractivity contribution in [2.45, 2.75) is 25.7 Å². The van der Waals surface area contributed by atoms with Gasteiger partial charge in [-0.1, -0.05) is 18.2 Å². The van der Waals surface area contributed by atoms with Crippen molar-refractivity contribution in [3.05, 3.63) is 95.1 Å². The number of hydrogen-bond donors (Lipinski definition) is 3. The molecule has 6 rings (SSSR count). The fourth-order valence-corrected chi connectivity index (χ4v) is 4.91. The number of nitrogens with zero attached hydrogens (tertiary/aromatic N) is 4. The van der Waals surface area contributed by atoms with Crippen molar-refractivity contribution in [1.29, 1.82) is 0 Å². The second kappa shape index (κ2) is 10.8. The van der Waals surface area contributed by atoms with Crippen molar-refractivity contribution in [3.8, 4) is 11.5 Å². The SMILES string of the molecule is COc1ccc2c(c1)CCC2=NNc1cc(Nc2ccccc2)nc(NN=C2CCc3cc(OC)ccc32)n1. The van der Waals surface area contributed by atoms with Gasteiger partial charge in [0, 0.05) is 22.9 Å². The summed E-state index contributed by atoms with van der Waals surface area (Å²) in [5.74, 6) is 3.25. The highest BCUT2D eigenvalue weighted by Crippen LogP contribution is 2.28.